The SMILES string of the molecule is O=C(CSc1nnc(NC2CCCCC2)s1)NCc1ccc(OC(F)F)cc1. The van der Waals surface area contributed by atoms with Gasteiger partial charge >= 0.3 is 6.61 Å². The van der Waals surface area contributed by atoms with E-state index in [0.29, 0.717) is 12.6 Å². The number of aromatic nitrogens is 2. The number of hydrogen-bond donors (Lipinski definition) is 2. The molecule has 1 aromatic heterocycles. The Morgan fingerprint density at radius 2 is 1.96 bits per heavy atom. The van der Waals surface area contributed by atoms with E-state index >= 15 is 0 Å². The molecule has 1 saturated carbocycles. The molecule has 0 radical (unpaired) electrons. The first-order valence-corrected chi connectivity index (χ1v) is 10.9. The van der Waals surface area contributed by atoms with Crippen LogP contribution in [0.4, 0.5) is 13.9 Å². The number of ether oxygens (including phenoxy) is 1. The van der Waals surface area contributed by atoms with E-state index in [1.54, 1.807) is 12.1 Å². The number of thioether (sulfide) groups is 1. The van der Waals surface area contributed by atoms with Crippen molar-refractivity contribution >= 4 is 34.1 Å². The van der Waals surface area contributed by atoms with Crippen LogP contribution in [0.2, 0.25) is 0 Å². The average Bonchev–Trinajstić information content (AvgIpc) is 3.13. The van der Waals surface area contributed by atoms with E-state index in [1.165, 1.54) is 67.3 Å². The first-order valence-electron chi connectivity index (χ1n) is 9.12. The number of alkyl halides is 2. The minimum Gasteiger partial charge on any atom is -0.435 e. The maximum Gasteiger partial charge on any atom is 0.387 e. The van der Waals surface area contributed by atoms with E-state index in [1.807, 2.05) is 0 Å². The molecular weight excluding hydrogens is 406 g/mol. The third-order valence-electron chi connectivity index (χ3n) is 4.30. The molecule has 0 unspecified atom stereocenters. The highest BCUT2D eigenvalue weighted by atomic mass is 32.2. The molecular formula is C18H22F2N4O2S2. The molecule has 0 aliphatic heterocycles. The van der Waals surface area contributed by atoms with Crippen LogP contribution in [0, 0.1) is 0 Å². The lowest BCUT2D eigenvalue weighted by Gasteiger charge is -2.21. The van der Waals surface area contributed by atoms with Gasteiger partial charge in [0.1, 0.15) is 5.75 Å². The summed E-state index contributed by atoms with van der Waals surface area (Å²) in [7, 11) is 0. The second-order valence-electron chi connectivity index (χ2n) is 6.44. The molecule has 1 amide bonds. The second kappa shape index (κ2) is 10.6. The Morgan fingerprint density at radius 3 is 2.68 bits per heavy atom. The van der Waals surface area contributed by atoms with Gasteiger partial charge in [0, 0.05) is 12.6 Å². The number of carbonyl (C=O) groups excluding carboxylic acids is 1. The number of benzene rings is 1. The lowest BCUT2D eigenvalue weighted by molar-refractivity contribution is -0.118. The number of carbonyl (C=O) groups is 1. The van der Waals surface area contributed by atoms with Crippen LogP contribution in [0.3, 0.4) is 0 Å². The largest absolute Gasteiger partial charge is 0.435 e. The van der Waals surface area contributed by atoms with E-state index < -0.39 is 6.61 Å². The van der Waals surface area contributed by atoms with E-state index in [2.05, 4.69) is 25.6 Å². The van der Waals surface area contributed by atoms with Crippen LogP contribution in [0.15, 0.2) is 28.6 Å². The number of hydrogen-bond acceptors (Lipinski definition) is 7. The number of rotatable bonds is 9. The molecule has 152 valence electrons. The number of halogens is 2. The van der Waals surface area contributed by atoms with Crippen LogP contribution >= 0.6 is 23.1 Å². The molecule has 0 bridgehead atoms. The maximum absolute atomic E-state index is 12.1. The summed E-state index contributed by atoms with van der Waals surface area (Å²) >= 11 is 2.81. The monoisotopic (exact) mass is 428 g/mol. The Hall–Kier alpha value is -1.94. The van der Waals surface area contributed by atoms with Gasteiger partial charge in [-0.15, -0.1) is 10.2 Å². The zero-order chi connectivity index (χ0) is 19.8. The molecule has 6 nitrogen and oxygen atoms in total. The maximum atomic E-state index is 12.1. The van der Waals surface area contributed by atoms with E-state index in [4.69, 9.17) is 0 Å². The zero-order valence-corrected chi connectivity index (χ0v) is 16.8. The Morgan fingerprint density at radius 1 is 1.21 bits per heavy atom. The summed E-state index contributed by atoms with van der Waals surface area (Å²) in [5.41, 5.74) is 0.801. The molecule has 2 N–H and O–H groups in total. The summed E-state index contributed by atoms with van der Waals surface area (Å²) < 4.78 is 29.3. The first-order chi connectivity index (χ1) is 13.6. The highest BCUT2D eigenvalue weighted by molar-refractivity contribution is 8.01. The van der Waals surface area contributed by atoms with Crippen LogP contribution < -0.4 is 15.4 Å². The predicted molar refractivity (Wildman–Crippen MR) is 106 cm³/mol. The van der Waals surface area contributed by atoms with Gasteiger partial charge in [-0.25, -0.2) is 0 Å². The van der Waals surface area contributed by atoms with Crippen LogP contribution in [0.1, 0.15) is 37.7 Å². The van der Waals surface area contributed by atoms with Crippen molar-refractivity contribution in [1.29, 1.82) is 0 Å². The minimum atomic E-state index is -2.85. The van der Waals surface area contributed by atoms with Crippen molar-refractivity contribution in [3.63, 3.8) is 0 Å². The number of anilines is 1. The second-order valence-corrected chi connectivity index (χ2v) is 8.64. The van der Waals surface area contributed by atoms with Crippen molar-refractivity contribution in [3.8, 4) is 5.75 Å². The van der Waals surface area contributed by atoms with Gasteiger partial charge in [0.2, 0.25) is 11.0 Å². The van der Waals surface area contributed by atoms with E-state index in [0.717, 1.165) is 15.0 Å². The number of nitrogens with zero attached hydrogens (tertiary/aromatic N) is 2. The number of amides is 1. The smallest absolute Gasteiger partial charge is 0.387 e. The van der Waals surface area contributed by atoms with Gasteiger partial charge in [-0.2, -0.15) is 8.78 Å². The molecule has 0 atom stereocenters. The van der Waals surface area contributed by atoms with Crippen molar-refractivity contribution in [2.75, 3.05) is 11.1 Å². The van der Waals surface area contributed by atoms with Gasteiger partial charge in [0.15, 0.2) is 4.34 Å². The molecule has 0 spiro atoms. The summed E-state index contributed by atoms with van der Waals surface area (Å²) in [6.07, 6.45) is 6.14. The predicted octanol–water partition coefficient (Wildman–Crippen LogP) is 4.29. The van der Waals surface area contributed by atoms with Crippen LogP contribution in [0.25, 0.3) is 0 Å². The fraction of sp³-hybridized carbons (Fsp3) is 0.500. The summed E-state index contributed by atoms with van der Waals surface area (Å²) in [5, 5.41) is 15.3. The van der Waals surface area contributed by atoms with E-state index in [9.17, 15) is 13.6 Å². The molecule has 1 heterocycles. The van der Waals surface area contributed by atoms with Crippen molar-refractivity contribution in [1.82, 2.24) is 15.5 Å². The van der Waals surface area contributed by atoms with Gasteiger partial charge < -0.3 is 15.4 Å². The molecule has 1 fully saturated rings. The highest BCUT2D eigenvalue weighted by Crippen LogP contribution is 2.28. The Bertz CT molecular complexity index is 752. The summed E-state index contributed by atoms with van der Waals surface area (Å²) in [6.45, 7) is -2.53. The van der Waals surface area contributed by atoms with Crippen molar-refractivity contribution in [2.24, 2.45) is 0 Å². The first kappa shape index (κ1) is 20.8. The zero-order valence-electron chi connectivity index (χ0n) is 15.2. The van der Waals surface area contributed by atoms with Crippen LogP contribution in [-0.4, -0.2) is 34.5 Å². The Kier molecular flexibility index (Phi) is 7.84. The minimum absolute atomic E-state index is 0.0922. The summed E-state index contributed by atoms with van der Waals surface area (Å²) in [4.78, 5) is 12.0. The quantitative estimate of drug-likeness (QED) is 0.580. The lowest BCUT2D eigenvalue weighted by Crippen LogP contribution is -2.24. The van der Waals surface area contributed by atoms with Crippen molar-refractivity contribution in [2.45, 2.75) is 55.6 Å². The summed E-state index contributed by atoms with van der Waals surface area (Å²) in [5.74, 6) is 0.203. The molecule has 28 heavy (non-hydrogen) atoms. The van der Waals surface area contributed by atoms with Crippen molar-refractivity contribution in [3.05, 3.63) is 29.8 Å². The molecule has 2 aromatic rings. The van der Waals surface area contributed by atoms with Gasteiger partial charge in [0.05, 0.1) is 5.75 Å². The number of nitrogens with one attached hydrogen (secondary N) is 2. The average molecular weight is 429 g/mol. The van der Waals surface area contributed by atoms with Gasteiger partial charge in [-0.1, -0.05) is 54.5 Å². The Balaban J connectivity index is 1.37. The standard InChI is InChI=1S/C18H22F2N4O2S2/c19-16(20)26-14-8-6-12(7-9-14)10-21-15(25)11-27-18-24-23-17(28-18)22-13-4-2-1-3-5-13/h6-9,13,16H,1-5,10-11H2,(H,21,25)(H,22,23). The van der Waals surface area contributed by atoms with Crippen molar-refractivity contribution < 1.29 is 18.3 Å². The lowest BCUT2D eigenvalue weighted by atomic mass is 9.96. The third-order valence-corrected chi connectivity index (χ3v) is 6.29. The molecule has 1 aliphatic carbocycles. The van der Waals surface area contributed by atoms with Gasteiger partial charge in [-0.05, 0) is 30.5 Å². The van der Waals surface area contributed by atoms with Crippen LogP contribution in [-0.2, 0) is 11.3 Å². The molecule has 1 aliphatic rings. The van der Waals surface area contributed by atoms with Crippen LogP contribution in [0.5, 0.6) is 5.75 Å². The normalized spacial score (nSPS) is 14.8. The molecule has 10 heteroatoms. The highest BCUT2D eigenvalue weighted by Gasteiger charge is 2.15. The summed E-state index contributed by atoms with van der Waals surface area (Å²) in [6, 6.07) is 6.65. The molecule has 0 saturated heterocycles. The van der Waals surface area contributed by atoms with E-state index in [-0.39, 0.29) is 17.4 Å². The third kappa shape index (κ3) is 6.90. The molecule has 1 aromatic carbocycles. The fourth-order valence-electron chi connectivity index (χ4n) is 2.92. The molecule has 3 rings (SSSR count). The topological polar surface area (TPSA) is 76.1 Å². The van der Waals surface area contributed by atoms with Gasteiger partial charge in [0.25, 0.3) is 0 Å². The Labute approximate surface area is 170 Å². The fourth-order valence-corrected chi connectivity index (χ4v) is 4.57. The van der Waals surface area contributed by atoms with Gasteiger partial charge in [-0.3, -0.25) is 4.79 Å².